The number of carbonyl (C=O) groups excluding carboxylic acids is 3. The van der Waals surface area contributed by atoms with Crippen LogP contribution in [0.25, 0.3) is 0 Å². The lowest BCUT2D eigenvalue weighted by atomic mass is 9.89. The van der Waals surface area contributed by atoms with E-state index in [4.69, 9.17) is 4.74 Å². The Morgan fingerprint density at radius 1 is 0.955 bits per heavy atom. The van der Waals surface area contributed by atoms with Gasteiger partial charge in [0.25, 0.3) is 0 Å². The summed E-state index contributed by atoms with van der Waals surface area (Å²) in [7, 11) is 8.50. The fourth-order valence-electron chi connectivity index (χ4n) is 4.97. The predicted molar refractivity (Wildman–Crippen MR) is 160 cm³/mol. The number of benzene rings is 1. The molecule has 2 atom stereocenters. The summed E-state index contributed by atoms with van der Waals surface area (Å²) in [5.41, 5.74) is 0.553. The van der Waals surface area contributed by atoms with Crippen molar-refractivity contribution in [2.24, 2.45) is 11.8 Å². The first kappa shape index (κ1) is 34.4. The number of amides is 3. The molecule has 0 radical (unpaired) electrons. The zero-order chi connectivity index (χ0) is 32.6. The maximum Gasteiger partial charge on any atom is 0.419 e. The van der Waals surface area contributed by atoms with E-state index in [0.29, 0.717) is 57.1 Å². The van der Waals surface area contributed by atoms with E-state index in [0.717, 1.165) is 18.1 Å². The van der Waals surface area contributed by atoms with E-state index in [2.05, 4.69) is 25.5 Å². The van der Waals surface area contributed by atoms with Crippen LogP contribution in [0.1, 0.15) is 18.9 Å². The summed E-state index contributed by atoms with van der Waals surface area (Å²) >= 11 is 0. The number of hydrogen-bond acceptors (Lipinski definition) is 9. The Kier molecular flexibility index (Phi) is 11.7. The van der Waals surface area contributed by atoms with E-state index >= 15 is 0 Å². The molecule has 15 heteroatoms. The van der Waals surface area contributed by atoms with Crippen molar-refractivity contribution in [3.8, 4) is 5.75 Å². The number of alkyl halides is 3. The predicted octanol–water partition coefficient (Wildman–Crippen LogP) is 2.30. The lowest BCUT2D eigenvalue weighted by Crippen LogP contribution is -2.48. The number of methoxy groups -OCH3 is 1. The molecule has 0 spiro atoms. The Labute approximate surface area is 255 Å². The van der Waals surface area contributed by atoms with Crippen LogP contribution in [0.4, 0.5) is 30.5 Å². The van der Waals surface area contributed by atoms with Gasteiger partial charge in [0.05, 0.1) is 30.2 Å². The third-order valence-corrected chi connectivity index (χ3v) is 7.43. The number of ether oxygens (including phenoxy) is 1. The van der Waals surface area contributed by atoms with Crippen molar-refractivity contribution in [2.45, 2.75) is 19.5 Å². The molecule has 2 saturated heterocycles. The Balaban J connectivity index is 0.000000281. The molecule has 1 aromatic heterocycles. The fourth-order valence-corrected chi connectivity index (χ4v) is 4.97. The van der Waals surface area contributed by atoms with Gasteiger partial charge in [0.15, 0.2) is 0 Å². The number of nitrogens with one attached hydrogen (secondary N) is 2. The van der Waals surface area contributed by atoms with Crippen molar-refractivity contribution in [3.05, 3.63) is 36.2 Å². The maximum atomic E-state index is 12.6. The molecule has 2 fully saturated rings. The van der Waals surface area contributed by atoms with E-state index in [-0.39, 0.29) is 35.5 Å². The van der Waals surface area contributed by atoms with Gasteiger partial charge in [-0.2, -0.15) is 13.2 Å². The molecule has 3 amide bonds. The highest BCUT2D eigenvalue weighted by atomic mass is 19.4. The first-order valence-electron chi connectivity index (χ1n) is 14.2. The van der Waals surface area contributed by atoms with Gasteiger partial charge in [0.2, 0.25) is 23.7 Å². The Bertz CT molecular complexity index is 1260. The minimum atomic E-state index is -4.48. The zero-order valence-corrected chi connectivity index (χ0v) is 25.9. The SMILES string of the molecule is CN(C)C(=O)C1CNCC(C(=O)N(C)C)C1.COc1cc(N2CCN(C(C)=O)CC2)ccc1Nc1ncc(C(F)(F)F)cn1. The number of carbonyl (C=O) groups is 3. The van der Waals surface area contributed by atoms with Gasteiger partial charge >= 0.3 is 6.18 Å². The quantitative estimate of drug-likeness (QED) is 0.500. The number of halogens is 3. The largest absolute Gasteiger partial charge is 0.494 e. The van der Waals surface area contributed by atoms with Crippen LogP contribution in [0.15, 0.2) is 30.6 Å². The van der Waals surface area contributed by atoms with Crippen molar-refractivity contribution in [1.82, 2.24) is 30.0 Å². The first-order chi connectivity index (χ1) is 20.7. The van der Waals surface area contributed by atoms with E-state index in [1.807, 2.05) is 12.1 Å². The molecule has 0 saturated carbocycles. The summed E-state index contributed by atoms with van der Waals surface area (Å²) in [6.45, 7) is 5.62. The van der Waals surface area contributed by atoms with Crippen molar-refractivity contribution >= 4 is 35.0 Å². The molecular formula is C29H41F3N8O4. The first-order valence-corrected chi connectivity index (χ1v) is 14.2. The molecule has 2 aromatic rings. The highest BCUT2D eigenvalue weighted by molar-refractivity contribution is 5.82. The molecule has 1 aromatic carbocycles. The summed E-state index contributed by atoms with van der Waals surface area (Å²) in [5.74, 6) is 0.667. The number of hydrogen-bond donors (Lipinski definition) is 2. The van der Waals surface area contributed by atoms with Gasteiger partial charge in [-0.1, -0.05) is 0 Å². The third kappa shape index (κ3) is 9.18. The third-order valence-electron chi connectivity index (χ3n) is 7.43. The average molecular weight is 623 g/mol. The van der Waals surface area contributed by atoms with E-state index in [1.54, 1.807) is 55.9 Å². The molecule has 2 aliphatic rings. The van der Waals surface area contributed by atoms with Crippen molar-refractivity contribution < 1.29 is 32.3 Å². The van der Waals surface area contributed by atoms with Crippen molar-refractivity contribution in [1.29, 1.82) is 0 Å². The molecule has 2 N–H and O–H groups in total. The second-order valence-corrected chi connectivity index (χ2v) is 11.0. The van der Waals surface area contributed by atoms with Crippen molar-refractivity contribution in [3.63, 3.8) is 0 Å². The molecule has 3 heterocycles. The van der Waals surface area contributed by atoms with Gasteiger partial charge in [-0.3, -0.25) is 14.4 Å². The molecule has 4 rings (SSSR count). The lowest BCUT2D eigenvalue weighted by molar-refractivity contribution is -0.139. The van der Waals surface area contributed by atoms with E-state index in [1.165, 1.54) is 7.11 Å². The normalized spacial score (nSPS) is 18.5. The lowest BCUT2D eigenvalue weighted by Gasteiger charge is -2.35. The van der Waals surface area contributed by atoms with Gasteiger partial charge in [-0.05, 0) is 18.6 Å². The summed E-state index contributed by atoms with van der Waals surface area (Å²) in [5, 5.41) is 6.03. The summed E-state index contributed by atoms with van der Waals surface area (Å²) < 4.78 is 43.2. The highest BCUT2D eigenvalue weighted by Crippen LogP contribution is 2.33. The van der Waals surface area contributed by atoms with Crippen LogP contribution in [0.5, 0.6) is 5.75 Å². The van der Waals surface area contributed by atoms with Gasteiger partial charge < -0.3 is 35.0 Å². The monoisotopic (exact) mass is 622 g/mol. The number of aromatic nitrogens is 2. The molecule has 2 aliphatic heterocycles. The number of anilines is 3. The summed E-state index contributed by atoms with van der Waals surface area (Å²) in [4.78, 5) is 49.6. The van der Waals surface area contributed by atoms with E-state index < -0.39 is 11.7 Å². The van der Waals surface area contributed by atoms with Crippen molar-refractivity contribution in [2.75, 3.05) is 84.8 Å². The van der Waals surface area contributed by atoms with Gasteiger partial charge in [-0.15, -0.1) is 0 Å². The fraction of sp³-hybridized carbons (Fsp3) is 0.552. The average Bonchev–Trinajstić information content (AvgIpc) is 3.00. The number of rotatable bonds is 6. The second-order valence-electron chi connectivity index (χ2n) is 11.0. The standard InChI is InChI=1S/C18H20F3N5O2.C11H21N3O2/c1-12(27)25-5-7-26(8-6-25)14-3-4-15(16(9-14)28-2)24-17-22-10-13(11-23-17)18(19,20)21;1-13(2)10(15)8-5-9(7-12-6-8)11(16)14(3)4/h3-4,9-11H,5-8H2,1-2H3,(H,22,23,24);8-9,12H,5-7H2,1-4H3. The summed E-state index contributed by atoms with van der Waals surface area (Å²) in [6, 6.07) is 5.46. The number of piperazine rings is 1. The summed E-state index contributed by atoms with van der Waals surface area (Å²) in [6.07, 6.45) is -2.37. The van der Waals surface area contributed by atoms with Crippen LogP contribution in [-0.4, -0.2) is 117 Å². The van der Waals surface area contributed by atoms with Crippen LogP contribution in [-0.2, 0) is 20.6 Å². The Hall–Kier alpha value is -4.14. The van der Waals surface area contributed by atoms with Crippen LogP contribution in [0, 0.1) is 11.8 Å². The number of nitrogens with zero attached hydrogens (tertiary/aromatic N) is 6. The molecule has 2 unspecified atom stereocenters. The molecular weight excluding hydrogens is 581 g/mol. The zero-order valence-electron chi connectivity index (χ0n) is 25.9. The number of piperidine rings is 1. The van der Waals surface area contributed by atoms with Crippen LogP contribution in [0.2, 0.25) is 0 Å². The second kappa shape index (κ2) is 15.0. The van der Waals surface area contributed by atoms with Crippen LogP contribution >= 0.6 is 0 Å². The highest BCUT2D eigenvalue weighted by Gasteiger charge is 2.33. The van der Waals surface area contributed by atoms with Gasteiger partial charge in [0, 0.05) is 98.5 Å². The smallest absolute Gasteiger partial charge is 0.419 e. The molecule has 0 bridgehead atoms. The molecule has 0 aliphatic carbocycles. The van der Waals surface area contributed by atoms with Gasteiger partial charge in [-0.25, -0.2) is 9.97 Å². The topological polar surface area (TPSA) is 123 Å². The maximum absolute atomic E-state index is 12.6. The Morgan fingerprint density at radius 2 is 1.50 bits per heavy atom. The van der Waals surface area contributed by atoms with Crippen LogP contribution in [0.3, 0.4) is 0 Å². The Morgan fingerprint density at radius 3 is 1.95 bits per heavy atom. The van der Waals surface area contributed by atoms with Gasteiger partial charge in [0.1, 0.15) is 5.75 Å². The molecule has 242 valence electrons. The molecule has 44 heavy (non-hydrogen) atoms. The molecule has 12 nitrogen and oxygen atoms in total. The minimum Gasteiger partial charge on any atom is -0.494 e. The minimum absolute atomic E-state index is 0.0362. The van der Waals surface area contributed by atoms with E-state index in [9.17, 15) is 27.6 Å². The van der Waals surface area contributed by atoms with Crippen LogP contribution < -0.4 is 20.3 Å².